The van der Waals surface area contributed by atoms with Crippen LogP contribution in [0.2, 0.25) is 0 Å². The van der Waals surface area contributed by atoms with Crippen molar-refractivity contribution in [2.24, 2.45) is 0 Å². The highest BCUT2D eigenvalue weighted by molar-refractivity contribution is 5.76. The molecule has 1 aromatic heterocycles. The Kier molecular flexibility index (Phi) is 6.27. The number of aryl methyl sites for hydroxylation is 2. The lowest BCUT2D eigenvalue weighted by Gasteiger charge is -2.48. The zero-order chi connectivity index (χ0) is 32.1. The minimum atomic E-state index is -5.04. The van der Waals surface area contributed by atoms with Crippen LogP contribution in [0.4, 0.5) is 26.3 Å². The number of nitrogens with zero attached hydrogens (tertiary/aromatic N) is 3. The topological polar surface area (TPSA) is 10.4 Å². The molecule has 0 amide bonds. The molecule has 0 radical (unpaired) electrons. The lowest BCUT2D eigenvalue weighted by molar-refractivity contribution is -0.574. The van der Waals surface area contributed by atoms with Crippen LogP contribution in [-0.4, -0.2) is 22.4 Å². The molecule has 234 valence electrons. The van der Waals surface area contributed by atoms with Crippen LogP contribution in [0.25, 0.3) is 28.1 Å². The summed E-state index contributed by atoms with van der Waals surface area (Å²) in [5, 5.41) is 0. The van der Waals surface area contributed by atoms with E-state index < -0.39 is 23.5 Å². The normalized spacial score (nSPS) is 21.5. The Morgan fingerprint density at radius 2 is 1.63 bits per heavy atom. The third-order valence-electron chi connectivity index (χ3n) is 10.1. The van der Waals surface area contributed by atoms with E-state index in [0.29, 0.717) is 17.7 Å². The number of halogens is 6. The summed E-state index contributed by atoms with van der Waals surface area (Å²) in [6, 6.07) is 18.0. The van der Waals surface area contributed by atoms with Crippen LogP contribution in [0, 0.1) is 6.92 Å². The second kappa shape index (κ2) is 9.98. The highest BCUT2D eigenvalue weighted by atomic mass is 19.4. The van der Waals surface area contributed by atoms with Crippen LogP contribution >= 0.6 is 0 Å². The first-order valence-electron chi connectivity index (χ1n) is 15.4. The third kappa shape index (κ3) is 4.31. The van der Waals surface area contributed by atoms with E-state index in [1.807, 2.05) is 49.5 Å². The van der Waals surface area contributed by atoms with Crippen LogP contribution in [0.15, 0.2) is 91.9 Å². The molecule has 0 spiro atoms. The number of benzene rings is 3. The van der Waals surface area contributed by atoms with Crippen molar-refractivity contribution in [3.63, 3.8) is 0 Å². The molecule has 0 saturated heterocycles. The molecule has 8 rings (SSSR count). The number of pyridine rings is 1. The van der Waals surface area contributed by atoms with Gasteiger partial charge >= 0.3 is 12.4 Å². The van der Waals surface area contributed by atoms with Gasteiger partial charge < -0.3 is 9.80 Å². The maximum Gasteiger partial charge on any atom is 0.417 e. The molecule has 4 aromatic rings. The van der Waals surface area contributed by atoms with Gasteiger partial charge in [0.2, 0.25) is 11.4 Å². The summed E-state index contributed by atoms with van der Waals surface area (Å²) >= 11 is 0. The second-order valence-electron chi connectivity index (χ2n) is 12.7. The Balaban J connectivity index is 1.44. The van der Waals surface area contributed by atoms with E-state index in [1.54, 1.807) is 16.8 Å². The monoisotopic (exact) mass is 630 g/mol. The van der Waals surface area contributed by atoms with E-state index in [-0.39, 0.29) is 47.4 Å². The smallest absolute Gasteiger partial charge is 0.352 e. The second-order valence-corrected chi connectivity index (χ2v) is 12.7. The van der Waals surface area contributed by atoms with Gasteiger partial charge in [0.05, 0.1) is 16.7 Å². The summed E-state index contributed by atoms with van der Waals surface area (Å²) in [5.41, 5.74) is 3.77. The fraction of sp³-hybridized carbons (Fsp3) is 0.270. The Morgan fingerprint density at radius 1 is 0.848 bits per heavy atom. The maximum atomic E-state index is 14.9. The predicted molar refractivity (Wildman–Crippen MR) is 163 cm³/mol. The highest BCUT2D eigenvalue weighted by Crippen LogP contribution is 2.52. The molecule has 4 aliphatic rings. The minimum Gasteiger partial charge on any atom is -0.352 e. The highest BCUT2D eigenvalue weighted by Gasteiger charge is 2.51. The first kappa shape index (κ1) is 28.9. The molecule has 3 aromatic carbocycles. The van der Waals surface area contributed by atoms with Gasteiger partial charge in [-0.25, -0.2) is 0 Å². The van der Waals surface area contributed by atoms with Crippen molar-refractivity contribution in [1.29, 1.82) is 0 Å². The van der Waals surface area contributed by atoms with Crippen molar-refractivity contribution in [1.82, 2.24) is 9.80 Å². The molecule has 0 bridgehead atoms. The summed E-state index contributed by atoms with van der Waals surface area (Å²) in [6.07, 6.45) is -2.91. The van der Waals surface area contributed by atoms with Gasteiger partial charge in [-0.15, -0.1) is 0 Å². The van der Waals surface area contributed by atoms with E-state index in [1.165, 1.54) is 11.1 Å². The summed E-state index contributed by atoms with van der Waals surface area (Å²) in [6.45, 7) is 7.29. The van der Waals surface area contributed by atoms with Gasteiger partial charge in [0.15, 0.2) is 6.20 Å². The summed E-state index contributed by atoms with van der Waals surface area (Å²) in [5.74, 6) is -0.217. The molecule has 9 heteroatoms. The molecule has 3 nitrogen and oxygen atoms in total. The predicted octanol–water partition coefficient (Wildman–Crippen LogP) is 8.88. The lowest BCUT2D eigenvalue weighted by Crippen LogP contribution is -2.53. The molecular weight excluding hydrogens is 600 g/mol. The standard InChI is InChI=1S/C37H30F6N3/c1-21-20-46-22(2)34-28(27-10-6-9-24-13-14-44-15-16-45(34)35(44)32(24)27)12-11-25-17-26(36(38,39)40)18-30(37(41,42)43)33(25)31(46)19-29(21)23-7-4-3-5-8-23/h3-10,15-20,28,34-35H,2,11-14H2,1H3/q+1. The molecule has 3 atom stereocenters. The van der Waals surface area contributed by atoms with Crippen molar-refractivity contribution in [3.8, 4) is 22.4 Å². The van der Waals surface area contributed by atoms with Crippen LogP contribution in [0.5, 0.6) is 0 Å². The zero-order valence-electron chi connectivity index (χ0n) is 25.0. The molecule has 0 fully saturated rings. The van der Waals surface area contributed by atoms with E-state index in [9.17, 15) is 26.3 Å². The number of fused-ring (bicyclic) bond motifs is 6. The van der Waals surface area contributed by atoms with Gasteiger partial charge in [-0.1, -0.05) is 48.5 Å². The van der Waals surface area contributed by atoms with Crippen molar-refractivity contribution in [3.05, 3.63) is 131 Å². The Labute approximate surface area is 262 Å². The van der Waals surface area contributed by atoms with Crippen molar-refractivity contribution >= 4 is 5.70 Å². The van der Waals surface area contributed by atoms with Gasteiger partial charge in [-0.2, -0.15) is 30.9 Å². The SMILES string of the molecule is C=C1C2C(CCc3cc(C(F)(F)F)cc(C(F)(F)F)c3-c3cc(-c4ccccc4)c(C)c[n+]31)c1cccc3c1C1N(C=CN21)CC3. The molecule has 4 aliphatic heterocycles. The number of hydrogen-bond acceptors (Lipinski definition) is 2. The van der Waals surface area contributed by atoms with Crippen molar-refractivity contribution in [2.75, 3.05) is 6.54 Å². The largest absolute Gasteiger partial charge is 0.417 e. The Morgan fingerprint density at radius 3 is 2.37 bits per heavy atom. The molecular formula is C37H30F6N3+. The van der Waals surface area contributed by atoms with Crippen LogP contribution in [-0.2, 0) is 25.2 Å². The van der Waals surface area contributed by atoms with E-state index >= 15 is 0 Å². The first-order valence-corrected chi connectivity index (χ1v) is 15.4. The van der Waals surface area contributed by atoms with Crippen LogP contribution < -0.4 is 4.57 Å². The van der Waals surface area contributed by atoms with Gasteiger partial charge in [-0.05, 0) is 72.7 Å². The molecule has 46 heavy (non-hydrogen) atoms. The van der Waals surface area contributed by atoms with E-state index in [4.69, 9.17) is 0 Å². The summed E-state index contributed by atoms with van der Waals surface area (Å²) in [4.78, 5) is 4.53. The van der Waals surface area contributed by atoms with Gasteiger partial charge in [0.1, 0.15) is 12.2 Å². The van der Waals surface area contributed by atoms with Gasteiger partial charge in [0, 0.05) is 42.1 Å². The number of hydrogen-bond donors (Lipinski definition) is 0. The van der Waals surface area contributed by atoms with E-state index in [0.717, 1.165) is 35.7 Å². The molecule has 0 saturated carbocycles. The molecule has 5 heterocycles. The quantitative estimate of drug-likeness (QED) is 0.154. The van der Waals surface area contributed by atoms with Gasteiger partial charge in [-0.3, -0.25) is 0 Å². The fourth-order valence-corrected chi connectivity index (χ4v) is 8.14. The average molecular weight is 631 g/mol. The molecule has 0 N–H and O–H groups in total. The first-order chi connectivity index (χ1) is 21.9. The lowest BCUT2D eigenvalue weighted by atomic mass is 9.75. The summed E-state index contributed by atoms with van der Waals surface area (Å²) in [7, 11) is 0. The molecule has 3 unspecified atom stereocenters. The fourth-order valence-electron chi connectivity index (χ4n) is 8.14. The third-order valence-corrected chi connectivity index (χ3v) is 10.1. The maximum absolute atomic E-state index is 14.9. The number of alkyl halides is 6. The van der Waals surface area contributed by atoms with Crippen molar-refractivity contribution in [2.45, 2.75) is 56.7 Å². The van der Waals surface area contributed by atoms with Crippen LogP contribution in [0.3, 0.4) is 0 Å². The van der Waals surface area contributed by atoms with Gasteiger partial charge in [0.25, 0.3) is 0 Å². The summed E-state index contributed by atoms with van der Waals surface area (Å²) < 4.78 is 89.0. The number of rotatable bonds is 1. The number of aromatic nitrogens is 1. The van der Waals surface area contributed by atoms with E-state index in [2.05, 4.69) is 34.7 Å². The Hall–Kier alpha value is -4.53. The zero-order valence-corrected chi connectivity index (χ0v) is 25.0. The van der Waals surface area contributed by atoms with Crippen molar-refractivity contribution < 1.29 is 30.9 Å². The van der Waals surface area contributed by atoms with Crippen LogP contribution in [0.1, 0.15) is 57.4 Å². The molecule has 0 aliphatic carbocycles. The average Bonchev–Trinajstić information content (AvgIpc) is 3.47. The minimum absolute atomic E-state index is 0.0257. The Bertz CT molecular complexity index is 1940.